The molecule has 0 spiro atoms. The Morgan fingerprint density at radius 3 is 2.28 bits per heavy atom. The Morgan fingerprint density at radius 2 is 1.78 bits per heavy atom. The molecule has 0 saturated carbocycles. The van der Waals surface area contributed by atoms with Gasteiger partial charge in [-0.3, -0.25) is 0 Å². The summed E-state index contributed by atoms with van der Waals surface area (Å²) >= 11 is 12.7. The van der Waals surface area contributed by atoms with Gasteiger partial charge >= 0.3 is 0 Å². The Kier molecular flexibility index (Phi) is 7.06. The lowest BCUT2D eigenvalue weighted by Gasteiger charge is -2.26. The summed E-state index contributed by atoms with van der Waals surface area (Å²) < 4.78 is 0. The third kappa shape index (κ3) is 4.15. The minimum atomic E-state index is 0.381. The van der Waals surface area contributed by atoms with Crippen LogP contribution in [0.2, 0.25) is 10.0 Å². The maximum atomic E-state index is 6.34. The van der Waals surface area contributed by atoms with E-state index in [-0.39, 0.29) is 0 Å². The molecule has 0 aliphatic carbocycles. The zero-order valence-electron chi connectivity index (χ0n) is 11.5. The van der Waals surface area contributed by atoms with Crippen molar-refractivity contribution in [2.45, 2.75) is 39.5 Å². The fourth-order valence-corrected chi connectivity index (χ4v) is 3.09. The lowest BCUT2D eigenvalue weighted by atomic mass is 9.84. The number of likely N-dealkylation sites (N-methyl/N-ethyl adjacent to an activating group) is 1. The molecule has 2 atom stereocenters. The molecule has 2 unspecified atom stereocenters. The molecule has 3 heteroatoms. The number of benzene rings is 1. The van der Waals surface area contributed by atoms with Crippen LogP contribution in [0.4, 0.5) is 0 Å². The Hall–Kier alpha value is -0.240. The second kappa shape index (κ2) is 8.04. The highest BCUT2D eigenvalue weighted by Gasteiger charge is 2.23. The maximum Gasteiger partial charge on any atom is 0.0456 e. The van der Waals surface area contributed by atoms with E-state index < -0.39 is 0 Å². The van der Waals surface area contributed by atoms with E-state index in [9.17, 15) is 0 Å². The van der Waals surface area contributed by atoms with E-state index >= 15 is 0 Å². The second-order valence-corrected chi connectivity index (χ2v) is 5.63. The van der Waals surface area contributed by atoms with Crippen LogP contribution in [0, 0.1) is 5.92 Å². The van der Waals surface area contributed by atoms with E-state index in [4.69, 9.17) is 23.2 Å². The molecular weight excluding hydrogens is 265 g/mol. The van der Waals surface area contributed by atoms with Gasteiger partial charge in [-0.25, -0.2) is 0 Å². The number of nitrogens with one attached hydrogen (secondary N) is 1. The zero-order valence-corrected chi connectivity index (χ0v) is 13.0. The van der Waals surface area contributed by atoms with Gasteiger partial charge in [-0.05, 0) is 30.2 Å². The highest BCUT2D eigenvalue weighted by atomic mass is 35.5. The Labute approximate surface area is 121 Å². The number of halogens is 2. The van der Waals surface area contributed by atoms with Crippen LogP contribution in [0.25, 0.3) is 0 Å². The molecule has 0 fully saturated rings. The maximum absolute atomic E-state index is 6.34. The first kappa shape index (κ1) is 15.8. The lowest BCUT2D eigenvalue weighted by molar-refractivity contribution is 0.407. The van der Waals surface area contributed by atoms with Crippen LogP contribution >= 0.6 is 23.2 Å². The van der Waals surface area contributed by atoms with Crippen LogP contribution in [-0.4, -0.2) is 13.1 Å². The fraction of sp³-hybridized carbons (Fsp3) is 0.600. The fourth-order valence-electron chi connectivity index (χ4n) is 2.41. The van der Waals surface area contributed by atoms with E-state index in [1.807, 2.05) is 18.2 Å². The van der Waals surface area contributed by atoms with Crippen LogP contribution in [0.15, 0.2) is 18.2 Å². The first-order valence-electron chi connectivity index (χ1n) is 6.76. The van der Waals surface area contributed by atoms with Crippen molar-refractivity contribution in [3.05, 3.63) is 33.8 Å². The van der Waals surface area contributed by atoms with Gasteiger partial charge in [0, 0.05) is 22.5 Å². The molecule has 18 heavy (non-hydrogen) atoms. The van der Waals surface area contributed by atoms with Crippen molar-refractivity contribution in [2.24, 2.45) is 5.92 Å². The molecule has 0 bridgehead atoms. The predicted octanol–water partition coefficient (Wildman–Crippen LogP) is 5.12. The summed E-state index contributed by atoms with van der Waals surface area (Å²) in [5, 5.41) is 4.99. The highest BCUT2D eigenvalue weighted by Crippen LogP contribution is 2.36. The molecular formula is C15H23Cl2N. The number of rotatable bonds is 7. The molecule has 0 saturated heterocycles. The van der Waals surface area contributed by atoms with Gasteiger partial charge in [0.25, 0.3) is 0 Å². The Morgan fingerprint density at radius 1 is 1.17 bits per heavy atom. The van der Waals surface area contributed by atoms with E-state index in [2.05, 4.69) is 26.1 Å². The third-order valence-electron chi connectivity index (χ3n) is 3.42. The molecule has 1 aromatic carbocycles. The van der Waals surface area contributed by atoms with Crippen LogP contribution in [-0.2, 0) is 0 Å². The molecule has 0 aliphatic rings. The highest BCUT2D eigenvalue weighted by molar-refractivity contribution is 6.36. The lowest BCUT2D eigenvalue weighted by Crippen LogP contribution is -2.26. The van der Waals surface area contributed by atoms with Crippen molar-refractivity contribution >= 4 is 23.2 Å². The average molecular weight is 288 g/mol. The molecule has 0 radical (unpaired) electrons. The van der Waals surface area contributed by atoms with Crippen molar-refractivity contribution in [1.82, 2.24) is 5.32 Å². The SMILES string of the molecule is CCCC(C)C(CNCC)c1c(Cl)cccc1Cl. The van der Waals surface area contributed by atoms with E-state index in [1.165, 1.54) is 12.8 Å². The molecule has 102 valence electrons. The van der Waals surface area contributed by atoms with Gasteiger partial charge in [-0.1, -0.05) is 62.9 Å². The molecule has 0 aromatic heterocycles. The molecule has 1 nitrogen and oxygen atoms in total. The normalized spacial score (nSPS) is 14.5. The Bertz CT molecular complexity index is 345. The van der Waals surface area contributed by atoms with Crippen LogP contribution in [0.5, 0.6) is 0 Å². The monoisotopic (exact) mass is 287 g/mol. The van der Waals surface area contributed by atoms with E-state index in [0.29, 0.717) is 11.8 Å². The van der Waals surface area contributed by atoms with Crippen LogP contribution in [0.3, 0.4) is 0 Å². The van der Waals surface area contributed by atoms with Crippen molar-refractivity contribution in [1.29, 1.82) is 0 Å². The van der Waals surface area contributed by atoms with Crippen LogP contribution in [0.1, 0.15) is 45.1 Å². The quantitative estimate of drug-likeness (QED) is 0.734. The number of hydrogen-bond donors (Lipinski definition) is 1. The van der Waals surface area contributed by atoms with Gasteiger partial charge < -0.3 is 5.32 Å². The van der Waals surface area contributed by atoms with Gasteiger partial charge in [0.05, 0.1) is 0 Å². The largest absolute Gasteiger partial charge is 0.316 e. The minimum Gasteiger partial charge on any atom is -0.316 e. The topological polar surface area (TPSA) is 12.0 Å². The molecule has 1 N–H and O–H groups in total. The summed E-state index contributed by atoms with van der Waals surface area (Å²) in [4.78, 5) is 0. The molecule has 0 amide bonds. The van der Waals surface area contributed by atoms with Crippen molar-refractivity contribution in [3.63, 3.8) is 0 Å². The summed E-state index contributed by atoms with van der Waals surface area (Å²) in [5.41, 5.74) is 1.10. The zero-order chi connectivity index (χ0) is 13.5. The standard InChI is InChI=1S/C15H23Cl2N/c1-4-7-11(3)12(10-18-5-2)15-13(16)8-6-9-14(15)17/h6,8-9,11-12,18H,4-5,7,10H2,1-3H3. The summed E-state index contributed by atoms with van der Waals surface area (Å²) in [6.45, 7) is 8.52. The van der Waals surface area contributed by atoms with Crippen molar-refractivity contribution in [3.8, 4) is 0 Å². The molecule has 1 aromatic rings. The molecule has 0 heterocycles. The Balaban J connectivity index is 3.00. The van der Waals surface area contributed by atoms with E-state index in [0.717, 1.165) is 28.7 Å². The summed E-state index contributed by atoms with van der Waals surface area (Å²) in [6.07, 6.45) is 2.38. The van der Waals surface area contributed by atoms with Gasteiger partial charge in [-0.15, -0.1) is 0 Å². The predicted molar refractivity (Wildman–Crippen MR) is 81.8 cm³/mol. The van der Waals surface area contributed by atoms with Crippen LogP contribution < -0.4 is 5.32 Å². The summed E-state index contributed by atoms with van der Waals surface area (Å²) in [6, 6.07) is 5.77. The smallest absolute Gasteiger partial charge is 0.0456 e. The average Bonchev–Trinajstić information content (AvgIpc) is 2.33. The van der Waals surface area contributed by atoms with Gasteiger partial charge in [0.1, 0.15) is 0 Å². The molecule has 0 aliphatic heterocycles. The van der Waals surface area contributed by atoms with E-state index in [1.54, 1.807) is 0 Å². The first-order valence-corrected chi connectivity index (χ1v) is 7.52. The first-order chi connectivity index (χ1) is 8.61. The minimum absolute atomic E-state index is 0.381. The number of hydrogen-bond acceptors (Lipinski definition) is 1. The summed E-state index contributed by atoms with van der Waals surface area (Å²) in [5.74, 6) is 0.956. The van der Waals surface area contributed by atoms with Crippen molar-refractivity contribution in [2.75, 3.05) is 13.1 Å². The van der Waals surface area contributed by atoms with Crippen molar-refractivity contribution < 1.29 is 0 Å². The van der Waals surface area contributed by atoms with Gasteiger partial charge in [0.15, 0.2) is 0 Å². The molecule has 1 rings (SSSR count). The summed E-state index contributed by atoms with van der Waals surface area (Å²) in [7, 11) is 0. The third-order valence-corrected chi connectivity index (χ3v) is 4.07. The van der Waals surface area contributed by atoms with Gasteiger partial charge in [0.2, 0.25) is 0 Å². The second-order valence-electron chi connectivity index (χ2n) is 4.82. The van der Waals surface area contributed by atoms with Gasteiger partial charge in [-0.2, -0.15) is 0 Å².